The first-order valence-electron chi connectivity index (χ1n) is 8.10. The zero-order valence-corrected chi connectivity index (χ0v) is 17.1. The number of nitrogens with zero attached hydrogens (tertiary/aromatic N) is 1. The molecule has 2 aromatic carbocycles. The van der Waals surface area contributed by atoms with Gasteiger partial charge in [0.2, 0.25) is 15.9 Å². The third-order valence-electron chi connectivity index (χ3n) is 3.87. The van der Waals surface area contributed by atoms with Crippen LogP contribution in [0.25, 0.3) is 0 Å². The van der Waals surface area contributed by atoms with Gasteiger partial charge in [-0.3, -0.25) is 9.10 Å². The van der Waals surface area contributed by atoms with Gasteiger partial charge in [-0.05, 0) is 42.3 Å². The summed E-state index contributed by atoms with van der Waals surface area (Å²) in [5, 5.41) is 3.16. The highest BCUT2D eigenvalue weighted by Gasteiger charge is 2.31. The molecule has 0 saturated heterocycles. The highest BCUT2D eigenvalue weighted by molar-refractivity contribution is 7.92. The highest BCUT2D eigenvalue weighted by atomic mass is 35.5. The van der Waals surface area contributed by atoms with Crippen molar-refractivity contribution in [3.05, 3.63) is 63.9 Å². The number of carbonyl (C=O) groups is 1. The molecule has 27 heavy (non-hydrogen) atoms. The van der Waals surface area contributed by atoms with Gasteiger partial charge in [-0.2, -0.15) is 0 Å². The van der Waals surface area contributed by atoms with E-state index in [0.717, 1.165) is 10.6 Å². The maximum absolute atomic E-state index is 13.0. The van der Waals surface area contributed by atoms with E-state index in [1.165, 1.54) is 30.3 Å². The van der Waals surface area contributed by atoms with E-state index in [9.17, 15) is 17.6 Å². The average molecular weight is 433 g/mol. The van der Waals surface area contributed by atoms with Crippen LogP contribution < -0.4 is 9.62 Å². The standard InChI is InChI=1S/C18H19Cl2FN2O3S/c1-3-17(18(24)22-11-12-4-6-13(21)7-5-12)23(27(2,25)26)14-8-9-15(19)16(20)10-14/h4-10,17H,3,11H2,1-2H3,(H,22,24)/t17-/m1/s1. The number of hydrogen-bond donors (Lipinski definition) is 1. The predicted octanol–water partition coefficient (Wildman–Crippen LogP) is 3.99. The summed E-state index contributed by atoms with van der Waals surface area (Å²) in [7, 11) is -3.77. The van der Waals surface area contributed by atoms with Crippen LogP contribution in [-0.2, 0) is 21.4 Å². The molecule has 146 valence electrons. The zero-order chi connectivity index (χ0) is 20.2. The van der Waals surface area contributed by atoms with E-state index in [1.54, 1.807) is 19.1 Å². The molecule has 0 aromatic heterocycles. The van der Waals surface area contributed by atoms with Crippen LogP contribution in [0.15, 0.2) is 42.5 Å². The molecule has 2 aromatic rings. The molecule has 0 heterocycles. The smallest absolute Gasteiger partial charge is 0.244 e. The molecule has 0 bridgehead atoms. The van der Waals surface area contributed by atoms with Gasteiger partial charge in [-0.1, -0.05) is 42.3 Å². The Hall–Kier alpha value is -1.83. The van der Waals surface area contributed by atoms with Crippen LogP contribution in [0.3, 0.4) is 0 Å². The summed E-state index contributed by atoms with van der Waals surface area (Å²) in [5.74, 6) is -0.849. The van der Waals surface area contributed by atoms with Crippen molar-refractivity contribution in [3.63, 3.8) is 0 Å². The maximum Gasteiger partial charge on any atom is 0.244 e. The lowest BCUT2D eigenvalue weighted by Crippen LogP contribution is -2.49. The van der Waals surface area contributed by atoms with Gasteiger partial charge in [0.25, 0.3) is 0 Å². The molecule has 1 atom stereocenters. The Balaban J connectivity index is 2.27. The summed E-state index contributed by atoms with van der Waals surface area (Å²) in [6, 6.07) is 9.06. The lowest BCUT2D eigenvalue weighted by atomic mass is 10.1. The predicted molar refractivity (Wildman–Crippen MR) is 106 cm³/mol. The summed E-state index contributed by atoms with van der Waals surface area (Å²) in [6.45, 7) is 1.85. The number of halogens is 3. The van der Waals surface area contributed by atoms with Crippen LogP contribution in [0.1, 0.15) is 18.9 Å². The first kappa shape index (κ1) is 21.5. The average Bonchev–Trinajstić information content (AvgIpc) is 2.60. The zero-order valence-electron chi connectivity index (χ0n) is 14.7. The fraction of sp³-hybridized carbons (Fsp3) is 0.278. The first-order valence-corrected chi connectivity index (χ1v) is 10.7. The van der Waals surface area contributed by atoms with Gasteiger partial charge >= 0.3 is 0 Å². The molecule has 0 radical (unpaired) electrons. The molecule has 9 heteroatoms. The van der Waals surface area contributed by atoms with Crippen molar-refractivity contribution in [3.8, 4) is 0 Å². The molecule has 0 unspecified atom stereocenters. The Labute approximate surface area is 168 Å². The summed E-state index contributed by atoms with van der Waals surface area (Å²) in [5.41, 5.74) is 0.940. The van der Waals surface area contributed by atoms with Gasteiger partial charge in [0.15, 0.2) is 0 Å². The van der Waals surface area contributed by atoms with Crippen molar-refractivity contribution >= 4 is 44.8 Å². The van der Waals surface area contributed by atoms with Crippen molar-refractivity contribution in [2.75, 3.05) is 10.6 Å². The minimum Gasteiger partial charge on any atom is -0.350 e. The van der Waals surface area contributed by atoms with E-state index in [1.807, 2.05) is 0 Å². The number of amides is 1. The second-order valence-electron chi connectivity index (χ2n) is 5.93. The topological polar surface area (TPSA) is 66.5 Å². The van der Waals surface area contributed by atoms with Crippen molar-refractivity contribution < 1.29 is 17.6 Å². The third kappa shape index (κ3) is 5.57. The van der Waals surface area contributed by atoms with Crippen LogP contribution in [0.2, 0.25) is 10.0 Å². The Bertz CT molecular complexity index is 921. The van der Waals surface area contributed by atoms with Crippen LogP contribution in [0, 0.1) is 5.82 Å². The number of anilines is 1. The van der Waals surface area contributed by atoms with Crippen molar-refractivity contribution in [1.29, 1.82) is 0 Å². The number of hydrogen-bond acceptors (Lipinski definition) is 3. The number of nitrogens with one attached hydrogen (secondary N) is 1. The maximum atomic E-state index is 13.0. The summed E-state index contributed by atoms with van der Waals surface area (Å²) < 4.78 is 38.7. The fourth-order valence-corrected chi connectivity index (χ4v) is 4.09. The van der Waals surface area contributed by atoms with Crippen LogP contribution in [0.4, 0.5) is 10.1 Å². The molecular weight excluding hydrogens is 414 g/mol. The Kier molecular flexibility index (Phi) is 7.08. The van der Waals surface area contributed by atoms with Gasteiger partial charge in [-0.25, -0.2) is 12.8 Å². The minimum atomic E-state index is -3.77. The molecule has 0 aliphatic carbocycles. The van der Waals surface area contributed by atoms with E-state index in [4.69, 9.17) is 23.2 Å². The molecule has 1 N–H and O–H groups in total. The second-order valence-corrected chi connectivity index (χ2v) is 8.60. The van der Waals surface area contributed by atoms with Gasteiger partial charge in [0.1, 0.15) is 11.9 Å². The lowest BCUT2D eigenvalue weighted by Gasteiger charge is -2.30. The van der Waals surface area contributed by atoms with Crippen molar-refractivity contribution in [2.45, 2.75) is 25.9 Å². The quantitative estimate of drug-likeness (QED) is 0.718. The van der Waals surface area contributed by atoms with E-state index < -0.39 is 22.0 Å². The second kappa shape index (κ2) is 8.91. The summed E-state index contributed by atoms with van der Waals surface area (Å²) in [6.07, 6.45) is 1.26. The molecule has 0 saturated carbocycles. The largest absolute Gasteiger partial charge is 0.350 e. The van der Waals surface area contributed by atoms with Gasteiger partial charge in [0.05, 0.1) is 22.0 Å². The number of benzene rings is 2. The molecule has 5 nitrogen and oxygen atoms in total. The van der Waals surface area contributed by atoms with Gasteiger partial charge < -0.3 is 5.32 Å². The first-order chi connectivity index (χ1) is 12.6. The summed E-state index contributed by atoms with van der Waals surface area (Å²) >= 11 is 11.9. The van der Waals surface area contributed by atoms with Gasteiger partial charge in [-0.15, -0.1) is 0 Å². The SMILES string of the molecule is CC[C@H](C(=O)NCc1ccc(F)cc1)N(c1ccc(Cl)c(Cl)c1)S(C)(=O)=O. The molecule has 0 fully saturated rings. The Morgan fingerprint density at radius 3 is 2.30 bits per heavy atom. The van der Waals surface area contributed by atoms with E-state index >= 15 is 0 Å². The fourth-order valence-electron chi connectivity index (χ4n) is 2.59. The van der Waals surface area contributed by atoms with Crippen molar-refractivity contribution in [2.24, 2.45) is 0 Å². The van der Waals surface area contributed by atoms with Crippen LogP contribution in [0.5, 0.6) is 0 Å². The van der Waals surface area contributed by atoms with E-state index in [2.05, 4.69) is 5.32 Å². The number of carbonyl (C=O) groups excluding carboxylic acids is 1. The normalized spacial score (nSPS) is 12.5. The lowest BCUT2D eigenvalue weighted by molar-refractivity contribution is -0.122. The minimum absolute atomic E-state index is 0.147. The molecule has 0 aliphatic rings. The van der Waals surface area contributed by atoms with E-state index in [-0.39, 0.29) is 34.5 Å². The molecule has 0 aliphatic heterocycles. The highest BCUT2D eigenvalue weighted by Crippen LogP contribution is 2.30. The Morgan fingerprint density at radius 1 is 1.15 bits per heavy atom. The molecule has 2 rings (SSSR count). The third-order valence-corrected chi connectivity index (χ3v) is 5.79. The summed E-state index contributed by atoms with van der Waals surface area (Å²) in [4.78, 5) is 12.7. The molecule has 0 spiro atoms. The monoisotopic (exact) mass is 432 g/mol. The van der Waals surface area contributed by atoms with Crippen LogP contribution >= 0.6 is 23.2 Å². The Morgan fingerprint density at radius 2 is 1.78 bits per heavy atom. The van der Waals surface area contributed by atoms with Crippen molar-refractivity contribution in [1.82, 2.24) is 5.32 Å². The van der Waals surface area contributed by atoms with E-state index in [0.29, 0.717) is 5.56 Å². The van der Waals surface area contributed by atoms with Crippen LogP contribution in [-0.4, -0.2) is 26.6 Å². The molecular formula is C18H19Cl2FN2O3S. The number of rotatable bonds is 7. The number of sulfonamides is 1. The molecule has 1 amide bonds. The van der Waals surface area contributed by atoms with Gasteiger partial charge in [0, 0.05) is 6.54 Å².